The number of piperidine rings is 1. The molecule has 8 nitrogen and oxygen atoms in total. The Morgan fingerprint density at radius 1 is 1.18 bits per heavy atom. The summed E-state index contributed by atoms with van der Waals surface area (Å²) in [5.41, 5.74) is 1.08. The second kappa shape index (κ2) is 10.3. The standard InChI is InChI=1S/C31H36N5O3/c1-39-36(16-13-31(20-32,14-17-36)28-12-6-7-15-33-28)19-22-18-25-29(24-9-3-2-8-23(22)24)34-21-35(30(25)38)26-10-4-5-11-27(26)37/h2-3,6,8-9,12,15,18,21,26-28,37H,4-5,7,10-11,13-14,16-17,19H2,1H3/q+1. The molecule has 1 aliphatic carbocycles. The summed E-state index contributed by atoms with van der Waals surface area (Å²) < 4.78 is 2.03. The van der Waals surface area contributed by atoms with Gasteiger partial charge in [-0.05, 0) is 24.3 Å². The zero-order chi connectivity index (χ0) is 27.0. The van der Waals surface area contributed by atoms with Crippen LogP contribution >= 0.6 is 0 Å². The molecule has 3 aliphatic rings. The van der Waals surface area contributed by atoms with E-state index in [0.29, 0.717) is 54.4 Å². The Morgan fingerprint density at radius 3 is 2.64 bits per heavy atom. The maximum atomic E-state index is 13.8. The molecule has 2 aliphatic heterocycles. The molecule has 1 aromatic heterocycles. The summed E-state index contributed by atoms with van der Waals surface area (Å²) in [5, 5.41) is 23.4. The van der Waals surface area contributed by atoms with Gasteiger partial charge in [-0.2, -0.15) is 9.91 Å². The molecule has 0 spiro atoms. The highest BCUT2D eigenvalue weighted by Crippen LogP contribution is 2.41. The van der Waals surface area contributed by atoms with Crippen LogP contribution in [0.15, 0.2) is 58.6 Å². The van der Waals surface area contributed by atoms with Crippen LogP contribution in [-0.2, 0) is 11.4 Å². The highest BCUT2D eigenvalue weighted by atomic mass is 16.7. The molecule has 2 aromatic carbocycles. The lowest BCUT2D eigenvalue weighted by Gasteiger charge is -2.44. The summed E-state index contributed by atoms with van der Waals surface area (Å²) in [4.78, 5) is 29.4. The molecule has 6 rings (SSSR count). The van der Waals surface area contributed by atoms with Crippen molar-refractivity contribution in [1.82, 2.24) is 9.55 Å². The SMILES string of the molecule is CO[N+]1(Cc2cc3c(=O)n(C4CCCCC4O)cnc3c3ccccc23)CCC(C#N)(C2C=CCC=N2)CC1. The summed E-state index contributed by atoms with van der Waals surface area (Å²) in [7, 11) is 1.74. The number of nitrogens with zero attached hydrogens (tertiary/aromatic N) is 5. The van der Waals surface area contributed by atoms with Gasteiger partial charge in [-0.1, -0.05) is 49.3 Å². The van der Waals surface area contributed by atoms with E-state index in [4.69, 9.17) is 9.82 Å². The molecule has 3 unspecified atom stereocenters. The molecule has 0 bridgehead atoms. The fraction of sp³-hybridized carbons (Fsp3) is 0.484. The molecule has 202 valence electrons. The number of aliphatic hydroxyl groups is 1. The van der Waals surface area contributed by atoms with E-state index >= 15 is 0 Å². The van der Waals surface area contributed by atoms with E-state index in [1.54, 1.807) is 18.0 Å². The number of hydrogen-bond acceptors (Lipinski definition) is 6. The van der Waals surface area contributed by atoms with Gasteiger partial charge in [-0.15, -0.1) is 0 Å². The van der Waals surface area contributed by atoms with E-state index in [1.807, 2.05) is 30.5 Å². The quantitative estimate of drug-likeness (QED) is 0.297. The largest absolute Gasteiger partial charge is 0.391 e. The predicted molar refractivity (Wildman–Crippen MR) is 151 cm³/mol. The average molecular weight is 527 g/mol. The van der Waals surface area contributed by atoms with Crippen LogP contribution in [0.2, 0.25) is 0 Å². The Balaban J connectivity index is 1.39. The Hall–Kier alpha value is -3.38. The number of hydrogen-bond donors (Lipinski definition) is 1. The Labute approximate surface area is 228 Å². The highest BCUT2D eigenvalue weighted by molar-refractivity contribution is 6.06. The van der Waals surface area contributed by atoms with Gasteiger partial charge >= 0.3 is 0 Å². The summed E-state index contributed by atoms with van der Waals surface area (Å²) in [6.45, 7) is 1.95. The van der Waals surface area contributed by atoms with Gasteiger partial charge in [0.2, 0.25) is 0 Å². The number of dihydropyridines is 1. The summed E-state index contributed by atoms with van der Waals surface area (Å²) in [6.07, 6.45) is 12.8. The van der Waals surface area contributed by atoms with E-state index in [0.717, 1.165) is 42.0 Å². The number of quaternary nitrogens is 1. The molecule has 2 fully saturated rings. The molecule has 3 heterocycles. The summed E-state index contributed by atoms with van der Waals surface area (Å²) >= 11 is 0. The minimum Gasteiger partial charge on any atom is -0.391 e. The maximum absolute atomic E-state index is 13.8. The lowest BCUT2D eigenvalue weighted by molar-refractivity contribution is -1.12. The van der Waals surface area contributed by atoms with Crippen molar-refractivity contribution >= 4 is 27.9 Å². The molecule has 0 radical (unpaired) electrons. The number of allylic oxidation sites excluding steroid dienone is 1. The minimum absolute atomic E-state index is 0.106. The second-order valence-corrected chi connectivity index (χ2v) is 11.4. The molecule has 1 saturated heterocycles. The first-order valence-electron chi connectivity index (χ1n) is 14.1. The molecule has 3 aromatic rings. The lowest BCUT2D eigenvalue weighted by Crippen LogP contribution is -2.55. The van der Waals surface area contributed by atoms with Crippen LogP contribution in [0, 0.1) is 16.7 Å². The van der Waals surface area contributed by atoms with Gasteiger partial charge in [0.15, 0.2) is 0 Å². The van der Waals surface area contributed by atoms with Gasteiger partial charge in [-0.25, -0.2) is 9.82 Å². The number of aliphatic imine (C=N–C) groups is 1. The topological polar surface area (TPSA) is 100 Å². The van der Waals surface area contributed by atoms with Crippen molar-refractivity contribution in [3.8, 4) is 6.07 Å². The summed E-state index contributed by atoms with van der Waals surface area (Å²) in [6, 6.07) is 12.3. The smallest absolute Gasteiger partial charge is 0.261 e. The molecule has 39 heavy (non-hydrogen) atoms. The van der Waals surface area contributed by atoms with Gasteiger partial charge in [0.05, 0.1) is 54.0 Å². The van der Waals surface area contributed by atoms with E-state index in [2.05, 4.69) is 29.3 Å². The third-order valence-corrected chi connectivity index (χ3v) is 9.32. The molecule has 3 atom stereocenters. The van der Waals surface area contributed by atoms with Crippen molar-refractivity contribution in [3.05, 3.63) is 64.7 Å². The van der Waals surface area contributed by atoms with Crippen molar-refractivity contribution in [2.24, 2.45) is 10.4 Å². The molecular weight excluding hydrogens is 490 g/mol. The first-order valence-corrected chi connectivity index (χ1v) is 14.1. The number of hydroxylamine groups is 3. The number of aromatic nitrogens is 2. The average Bonchev–Trinajstić information content (AvgIpc) is 2.99. The minimum atomic E-state index is -0.532. The van der Waals surface area contributed by atoms with Crippen molar-refractivity contribution in [3.63, 3.8) is 0 Å². The van der Waals surface area contributed by atoms with E-state index in [1.165, 1.54) is 0 Å². The van der Waals surface area contributed by atoms with Crippen LogP contribution in [0.1, 0.15) is 56.6 Å². The summed E-state index contributed by atoms with van der Waals surface area (Å²) in [5.74, 6) is 0. The van der Waals surface area contributed by atoms with Crippen molar-refractivity contribution in [2.75, 3.05) is 20.2 Å². The number of fused-ring (bicyclic) bond motifs is 3. The van der Waals surface area contributed by atoms with Crippen molar-refractivity contribution < 1.29 is 14.6 Å². The fourth-order valence-electron chi connectivity index (χ4n) is 6.88. The first-order chi connectivity index (χ1) is 19.0. The monoisotopic (exact) mass is 526 g/mol. The van der Waals surface area contributed by atoms with E-state index in [9.17, 15) is 15.2 Å². The van der Waals surface area contributed by atoms with E-state index < -0.39 is 11.5 Å². The zero-order valence-electron chi connectivity index (χ0n) is 22.5. The van der Waals surface area contributed by atoms with Crippen LogP contribution in [0.3, 0.4) is 0 Å². The third-order valence-electron chi connectivity index (χ3n) is 9.32. The Bertz CT molecular complexity index is 1530. The molecule has 1 N–H and O–H groups in total. The predicted octanol–water partition coefficient (Wildman–Crippen LogP) is 4.61. The molecule has 1 saturated carbocycles. The Morgan fingerprint density at radius 2 is 1.95 bits per heavy atom. The van der Waals surface area contributed by atoms with Crippen LogP contribution in [0.25, 0.3) is 21.7 Å². The van der Waals surface area contributed by atoms with Crippen LogP contribution in [0.4, 0.5) is 0 Å². The third kappa shape index (κ3) is 4.49. The molecular formula is C31H36N5O3+. The Kier molecular flexibility index (Phi) is 6.84. The van der Waals surface area contributed by atoms with Crippen LogP contribution in [0.5, 0.6) is 0 Å². The number of aliphatic hydroxyl groups excluding tert-OH is 1. The number of benzene rings is 2. The van der Waals surface area contributed by atoms with Gasteiger partial charge in [0, 0.05) is 36.4 Å². The van der Waals surface area contributed by atoms with Crippen molar-refractivity contribution in [2.45, 2.75) is 69.7 Å². The lowest BCUT2D eigenvalue weighted by atomic mass is 9.73. The van der Waals surface area contributed by atoms with Gasteiger partial charge < -0.3 is 5.11 Å². The maximum Gasteiger partial charge on any atom is 0.261 e. The first kappa shape index (κ1) is 25.9. The van der Waals surface area contributed by atoms with Crippen LogP contribution in [-0.4, -0.2) is 57.9 Å². The van der Waals surface area contributed by atoms with Crippen molar-refractivity contribution in [1.29, 1.82) is 5.26 Å². The fourth-order valence-corrected chi connectivity index (χ4v) is 6.88. The van der Waals surface area contributed by atoms with Gasteiger partial charge in [0.25, 0.3) is 5.56 Å². The normalized spacial score (nSPS) is 30.9. The number of rotatable bonds is 5. The van der Waals surface area contributed by atoms with Gasteiger partial charge in [0.1, 0.15) is 19.6 Å². The number of nitriles is 1. The highest BCUT2D eigenvalue weighted by Gasteiger charge is 2.48. The second-order valence-electron chi connectivity index (χ2n) is 11.4. The number of likely N-dealkylation sites (tertiary alicyclic amines) is 1. The molecule has 8 heteroatoms. The van der Waals surface area contributed by atoms with E-state index in [-0.39, 0.29) is 17.6 Å². The zero-order valence-corrected chi connectivity index (χ0v) is 22.5. The van der Waals surface area contributed by atoms with Crippen LogP contribution < -0.4 is 5.56 Å². The molecule has 0 amide bonds. The van der Waals surface area contributed by atoms with Gasteiger partial charge in [-0.3, -0.25) is 14.4 Å².